The first-order valence-electron chi connectivity index (χ1n) is 8.88. The molecule has 1 rings (SSSR count). The Morgan fingerprint density at radius 2 is 2.00 bits per heavy atom. The Hall–Kier alpha value is -2.34. The molecule has 0 heterocycles. The number of unbranched alkanes of at least 4 members (excludes halogenated alkanes) is 2. The molecule has 26 heavy (non-hydrogen) atoms. The number of nitrogens with one attached hydrogen (secondary N) is 1. The van der Waals surface area contributed by atoms with Crippen LogP contribution in [0.3, 0.4) is 0 Å². The number of methoxy groups -OCH3 is 1. The molecular weight excluding hydrogens is 334 g/mol. The third-order valence-electron chi connectivity index (χ3n) is 3.62. The van der Waals surface area contributed by atoms with Crippen LogP contribution in [0.5, 0.6) is 11.5 Å². The van der Waals surface area contributed by atoms with Crippen LogP contribution in [0.1, 0.15) is 45.1 Å². The molecule has 0 radical (unpaired) electrons. The SMILES string of the molecule is COc1cc(CNC(=O)CCCCC=CC(C)C)ccc1OC(=O)CO. The average Bonchev–Trinajstić information content (AvgIpc) is 2.63. The zero-order valence-electron chi connectivity index (χ0n) is 15.8. The predicted octanol–water partition coefficient (Wildman–Crippen LogP) is 2.98. The van der Waals surface area contributed by atoms with Gasteiger partial charge in [-0.15, -0.1) is 0 Å². The van der Waals surface area contributed by atoms with Gasteiger partial charge >= 0.3 is 5.97 Å². The van der Waals surface area contributed by atoms with Gasteiger partial charge in [-0.1, -0.05) is 32.1 Å². The van der Waals surface area contributed by atoms with Crippen LogP contribution < -0.4 is 14.8 Å². The number of amides is 1. The van der Waals surface area contributed by atoms with Crippen LogP contribution in [0.4, 0.5) is 0 Å². The fourth-order valence-corrected chi connectivity index (χ4v) is 2.27. The molecule has 0 bridgehead atoms. The Bertz CT molecular complexity index is 610. The van der Waals surface area contributed by atoms with Gasteiger partial charge in [0.1, 0.15) is 6.61 Å². The van der Waals surface area contributed by atoms with Crippen LogP contribution in [0.15, 0.2) is 30.4 Å². The minimum Gasteiger partial charge on any atom is -0.493 e. The second-order valence-electron chi connectivity index (χ2n) is 6.31. The highest BCUT2D eigenvalue weighted by atomic mass is 16.6. The number of rotatable bonds is 11. The van der Waals surface area contributed by atoms with Crippen molar-refractivity contribution in [2.75, 3.05) is 13.7 Å². The smallest absolute Gasteiger partial charge is 0.337 e. The highest BCUT2D eigenvalue weighted by Gasteiger charge is 2.10. The van der Waals surface area contributed by atoms with Gasteiger partial charge in [-0.3, -0.25) is 4.79 Å². The largest absolute Gasteiger partial charge is 0.493 e. The van der Waals surface area contributed by atoms with Gasteiger partial charge in [0.05, 0.1) is 7.11 Å². The standard InChI is InChI=1S/C20H29NO5/c1-15(2)8-6-4-5-7-9-19(23)21-13-16-10-11-17(18(12-16)25-3)26-20(24)14-22/h6,8,10-12,15,22H,4-5,7,9,13-14H2,1-3H3,(H,21,23). The number of carbonyl (C=O) groups is 2. The summed E-state index contributed by atoms with van der Waals surface area (Å²) < 4.78 is 10.1. The van der Waals surface area contributed by atoms with Crippen molar-refractivity contribution in [1.29, 1.82) is 0 Å². The molecule has 0 saturated heterocycles. The van der Waals surface area contributed by atoms with Gasteiger partial charge in [0, 0.05) is 13.0 Å². The van der Waals surface area contributed by atoms with Crippen molar-refractivity contribution < 1.29 is 24.2 Å². The fraction of sp³-hybridized carbons (Fsp3) is 0.500. The zero-order valence-corrected chi connectivity index (χ0v) is 15.8. The summed E-state index contributed by atoms with van der Waals surface area (Å²) in [6.45, 7) is 3.95. The topological polar surface area (TPSA) is 84.9 Å². The number of benzene rings is 1. The van der Waals surface area contributed by atoms with Gasteiger partial charge in [-0.25, -0.2) is 4.79 Å². The van der Waals surface area contributed by atoms with Gasteiger partial charge in [-0.2, -0.15) is 0 Å². The Labute approximate surface area is 155 Å². The van der Waals surface area contributed by atoms with Crippen molar-refractivity contribution in [3.05, 3.63) is 35.9 Å². The first-order chi connectivity index (χ1) is 12.5. The molecule has 0 unspecified atom stereocenters. The van der Waals surface area contributed by atoms with Crippen LogP contribution in [-0.4, -0.2) is 30.7 Å². The lowest BCUT2D eigenvalue weighted by atomic mass is 10.1. The summed E-state index contributed by atoms with van der Waals surface area (Å²) in [5.41, 5.74) is 0.832. The summed E-state index contributed by atoms with van der Waals surface area (Å²) in [5, 5.41) is 11.6. The van der Waals surface area contributed by atoms with Crippen LogP contribution in [-0.2, 0) is 16.1 Å². The molecule has 144 valence electrons. The van der Waals surface area contributed by atoms with Crippen LogP contribution >= 0.6 is 0 Å². The summed E-state index contributed by atoms with van der Waals surface area (Å²) in [5.74, 6) is 0.417. The second kappa shape index (κ2) is 12.1. The van der Waals surface area contributed by atoms with E-state index in [2.05, 4.69) is 31.3 Å². The lowest BCUT2D eigenvalue weighted by Gasteiger charge is -2.11. The predicted molar refractivity (Wildman–Crippen MR) is 100 cm³/mol. The minimum absolute atomic E-state index is 0.00703. The molecule has 6 nitrogen and oxygen atoms in total. The van der Waals surface area contributed by atoms with Crippen LogP contribution in [0, 0.1) is 5.92 Å². The van der Waals surface area contributed by atoms with E-state index in [9.17, 15) is 9.59 Å². The minimum atomic E-state index is -0.757. The highest BCUT2D eigenvalue weighted by Crippen LogP contribution is 2.28. The molecule has 0 spiro atoms. The molecule has 0 fully saturated rings. The third kappa shape index (κ3) is 8.67. The van der Waals surface area contributed by atoms with E-state index in [1.807, 2.05) is 0 Å². The zero-order chi connectivity index (χ0) is 19.4. The van der Waals surface area contributed by atoms with E-state index in [1.54, 1.807) is 18.2 Å². The molecule has 0 atom stereocenters. The van der Waals surface area contributed by atoms with Crippen molar-refractivity contribution in [3.63, 3.8) is 0 Å². The maximum absolute atomic E-state index is 11.9. The fourth-order valence-electron chi connectivity index (χ4n) is 2.27. The van der Waals surface area contributed by atoms with E-state index in [4.69, 9.17) is 14.6 Å². The number of carbonyl (C=O) groups excluding carboxylic acids is 2. The van der Waals surface area contributed by atoms with E-state index in [0.717, 1.165) is 24.8 Å². The number of esters is 1. The molecule has 1 amide bonds. The van der Waals surface area contributed by atoms with Gasteiger partial charge in [0.25, 0.3) is 0 Å². The Morgan fingerprint density at radius 1 is 1.23 bits per heavy atom. The lowest BCUT2D eigenvalue weighted by molar-refractivity contribution is -0.137. The van der Waals surface area contributed by atoms with E-state index in [1.165, 1.54) is 7.11 Å². The van der Waals surface area contributed by atoms with Crippen molar-refractivity contribution >= 4 is 11.9 Å². The Kier molecular flexibility index (Phi) is 10.1. The molecule has 0 aliphatic heterocycles. The number of hydrogen-bond acceptors (Lipinski definition) is 5. The molecular formula is C20H29NO5. The first kappa shape index (κ1) is 21.7. The van der Waals surface area contributed by atoms with Gasteiger partial charge in [0.15, 0.2) is 11.5 Å². The molecule has 0 saturated carbocycles. The Morgan fingerprint density at radius 3 is 2.65 bits per heavy atom. The second-order valence-corrected chi connectivity index (χ2v) is 6.31. The maximum Gasteiger partial charge on any atom is 0.337 e. The van der Waals surface area contributed by atoms with Crippen molar-refractivity contribution in [3.8, 4) is 11.5 Å². The summed E-state index contributed by atoms with van der Waals surface area (Å²) >= 11 is 0. The molecule has 0 aliphatic carbocycles. The van der Waals surface area contributed by atoms with Crippen LogP contribution in [0.2, 0.25) is 0 Å². The molecule has 6 heteroatoms. The van der Waals surface area contributed by atoms with E-state index in [0.29, 0.717) is 24.6 Å². The van der Waals surface area contributed by atoms with Crippen molar-refractivity contribution in [1.82, 2.24) is 5.32 Å². The highest BCUT2D eigenvalue weighted by molar-refractivity contribution is 5.76. The van der Waals surface area contributed by atoms with Crippen molar-refractivity contribution in [2.24, 2.45) is 5.92 Å². The Balaban J connectivity index is 2.39. The molecule has 1 aromatic carbocycles. The molecule has 0 aliphatic rings. The maximum atomic E-state index is 11.9. The normalized spacial score (nSPS) is 11.0. The first-order valence-corrected chi connectivity index (χ1v) is 8.88. The number of aliphatic hydroxyl groups excluding tert-OH is 1. The van der Waals surface area contributed by atoms with Crippen LogP contribution in [0.25, 0.3) is 0 Å². The summed E-state index contributed by atoms with van der Waals surface area (Å²) in [4.78, 5) is 23.1. The van der Waals surface area contributed by atoms with Gasteiger partial charge in [-0.05, 0) is 42.9 Å². The molecule has 1 aromatic rings. The van der Waals surface area contributed by atoms with Crippen molar-refractivity contribution in [2.45, 2.75) is 46.1 Å². The number of ether oxygens (including phenoxy) is 2. The van der Waals surface area contributed by atoms with E-state index in [-0.39, 0.29) is 11.7 Å². The third-order valence-corrected chi connectivity index (χ3v) is 3.62. The quantitative estimate of drug-likeness (QED) is 0.273. The molecule has 2 N–H and O–H groups in total. The lowest BCUT2D eigenvalue weighted by Crippen LogP contribution is -2.22. The summed E-state index contributed by atoms with van der Waals surface area (Å²) in [6.07, 6.45) is 7.69. The van der Waals surface area contributed by atoms with E-state index >= 15 is 0 Å². The number of hydrogen-bond donors (Lipinski definition) is 2. The van der Waals surface area contributed by atoms with Gasteiger partial charge in [0.2, 0.25) is 5.91 Å². The average molecular weight is 363 g/mol. The monoisotopic (exact) mass is 363 g/mol. The number of allylic oxidation sites excluding steroid dienone is 2. The van der Waals surface area contributed by atoms with E-state index < -0.39 is 12.6 Å². The summed E-state index contributed by atoms with van der Waals surface area (Å²) in [7, 11) is 1.46. The van der Waals surface area contributed by atoms with Gasteiger partial charge < -0.3 is 19.9 Å². The molecule has 0 aromatic heterocycles. The number of aliphatic hydroxyl groups is 1. The summed E-state index contributed by atoms with van der Waals surface area (Å²) in [6, 6.07) is 5.01.